The van der Waals surface area contributed by atoms with Crippen LogP contribution in [0.2, 0.25) is 5.02 Å². The van der Waals surface area contributed by atoms with Gasteiger partial charge in [0.1, 0.15) is 18.1 Å². The number of hydrogen-bond acceptors (Lipinski definition) is 5. The Morgan fingerprint density at radius 1 is 1.44 bits per heavy atom. The van der Waals surface area contributed by atoms with Gasteiger partial charge in [0.15, 0.2) is 0 Å². The van der Waals surface area contributed by atoms with E-state index in [0.29, 0.717) is 22.8 Å². The van der Waals surface area contributed by atoms with Crippen molar-refractivity contribution in [3.8, 4) is 0 Å². The van der Waals surface area contributed by atoms with E-state index >= 15 is 0 Å². The number of fused-ring (bicyclic) bond motifs is 1. The van der Waals surface area contributed by atoms with Crippen molar-refractivity contribution in [1.82, 2.24) is 10.6 Å². The molecular formula is C17H22ClN3O4. The van der Waals surface area contributed by atoms with Gasteiger partial charge in [-0.05, 0) is 32.9 Å². The Morgan fingerprint density at radius 3 is 2.80 bits per heavy atom. The van der Waals surface area contributed by atoms with E-state index in [-0.39, 0.29) is 18.9 Å². The van der Waals surface area contributed by atoms with E-state index in [9.17, 15) is 14.4 Å². The average molecular weight is 368 g/mol. The number of alkyl carbamates (subject to hydrolysis) is 1. The molecule has 1 aliphatic heterocycles. The summed E-state index contributed by atoms with van der Waals surface area (Å²) in [4.78, 5) is 36.9. The topological polar surface area (TPSA) is 87.7 Å². The smallest absolute Gasteiger partial charge is 0.407 e. The van der Waals surface area contributed by atoms with E-state index < -0.39 is 17.9 Å². The Labute approximate surface area is 151 Å². The van der Waals surface area contributed by atoms with Crippen molar-refractivity contribution >= 4 is 35.6 Å². The number of rotatable bonds is 5. The van der Waals surface area contributed by atoms with E-state index in [1.807, 2.05) is 4.90 Å². The lowest BCUT2D eigenvalue weighted by atomic mass is 10.1. The average Bonchev–Trinajstić information content (AvgIpc) is 2.50. The predicted molar refractivity (Wildman–Crippen MR) is 95.0 cm³/mol. The molecule has 136 valence electrons. The van der Waals surface area contributed by atoms with Gasteiger partial charge in [-0.2, -0.15) is 0 Å². The molecule has 1 atom stereocenters. The Balaban J connectivity index is 2.18. The summed E-state index contributed by atoms with van der Waals surface area (Å²) >= 11 is 6.14. The van der Waals surface area contributed by atoms with Crippen LogP contribution in [0.4, 0.5) is 10.5 Å². The molecule has 0 aliphatic carbocycles. The lowest BCUT2D eigenvalue weighted by molar-refractivity contribution is -0.107. The number of aldehydes is 1. The molecule has 8 heteroatoms. The summed E-state index contributed by atoms with van der Waals surface area (Å²) in [6, 6.07) is 5.15. The molecule has 2 amide bonds. The molecule has 0 aromatic heterocycles. The van der Waals surface area contributed by atoms with Crippen LogP contribution in [0.5, 0.6) is 0 Å². The lowest BCUT2D eigenvalue weighted by Gasteiger charge is -2.39. The quantitative estimate of drug-likeness (QED) is 0.780. The van der Waals surface area contributed by atoms with E-state index in [2.05, 4.69) is 10.6 Å². The minimum absolute atomic E-state index is 0.130. The molecule has 7 nitrogen and oxygen atoms in total. The van der Waals surface area contributed by atoms with Crippen LogP contribution in [-0.2, 0) is 9.53 Å². The Morgan fingerprint density at radius 2 is 2.16 bits per heavy atom. The number of halogens is 1. The summed E-state index contributed by atoms with van der Waals surface area (Å²) in [7, 11) is 0. The summed E-state index contributed by atoms with van der Waals surface area (Å²) in [6.45, 7) is 5.82. The third-order valence-corrected chi connectivity index (χ3v) is 3.84. The highest BCUT2D eigenvalue weighted by Gasteiger charge is 2.32. The second-order valence-electron chi connectivity index (χ2n) is 6.65. The minimum Gasteiger partial charge on any atom is -0.444 e. The number of carbonyl (C=O) groups excluding carboxylic acids is 3. The molecule has 1 heterocycles. The Bertz CT molecular complexity index is 672. The summed E-state index contributed by atoms with van der Waals surface area (Å²) in [5, 5.41) is 5.79. The highest BCUT2D eigenvalue weighted by molar-refractivity contribution is 6.34. The summed E-state index contributed by atoms with van der Waals surface area (Å²) < 4.78 is 5.20. The fourth-order valence-electron chi connectivity index (χ4n) is 2.57. The van der Waals surface area contributed by atoms with Crippen LogP contribution in [-0.4, -0.2) is 43.1 Å². The molecule has 0 fully saturated rings. The minimum atomic E-state index is -0.614. The maximum absolute atomic E-state index is 12.4. The van der Waals surface area contributed by atoms with Crippen LogP contribution >= 0.6 is 11.6 Å². The van der Waals surface area contributed by atoms with Crippen LogP contribution in [0.1, 0.15) is 37.6 Å². The van der Waals surface area contributed by atoms with Crippen molar-refractivity contribution in [2.24, 2.45) is 0 Å². The molecule has 0 radical (unpaired) electrons. The van der Waals surface area contributed by atoms with Gasteiger partial charge in [0, 0.05) is 13.0 Å². The van der Waals surface area contributed by atoms with Crippen LogP contribution in [0.15, 0.2) is 18.2 Å². The third kappa shape index (κ3) is 4.85. The Hall–Kier alpha value is -2.28. The van der Waals surface area contributed by atoms with E-state index in [1.54, 1.807) is 39.0 Å². The highest BCUT2D eigenvalue weighted by atomic mass is 35.5. The van der Waals surface area contributed by atoms with Gasteiger partial charge < -0.3 is 25.1 Å². The second-order valence-corrected chi connectivity index (χ2v) is 7.06. The van der Waals surface area contributed by atoms with Crippen molar-refractivity contribution in [2.45, 2.75) is 39.0 Å². The van der Waals surface area contributed by atoms with Gasteiger partial charge in [-0.3, -0.25) is 4.79 Å². The lowest BCUT2D eigenvalue weighted by Crippen LogP contribution is -2.58. The molecule has 2 rings (SSSR count). The molecule has 0 spiro atoms. The maximum atomic E-state index is 12.4. The number of amides is 2. The predicted octanol–water partition coefficient (Wildman–Crippen LogP) is 2.33. The molecule has 1 aromatic carbocycles. The van der Waals surface area contributed by atoms with Gasteiger partial charge in [-0.1, -0.05) is 17.7 Å². The largest absolute Gasteiger partial charge is 0.444 e. The monoisotopic (exact) mass is 367 g/mol. The zero-order valence-electron chi connectivity index (χ0n) is 14.5. The maximum Gasteiger partial charge on any atom is 0.407 e. The van der Waals surface area contributed by atoms with Gasteiger partial charge in [0.25, 0.3) is 5.91 Å². The number of nitrogens with zero attached hydrogens (tertiary/aromatic N) is 1. The standard InChI is InChI=1S/C17H22ClN3O4/c1-17(2,3)25-16(24)19-10-13-20-15(23)14-11(18)6-4-7-12(14)21(13)8-5-9-22/h4,6-7,9,13H,5,8,10H2,1-3H3,(H,19,24)(H,20,23). The van der Waals surface area contributed by atoms with E-state index in [0.717, 1.165) is 6.29 Å². The number of nitrogens with one attached hydrogen (secondary N) is 2. The summed E-state index contributed by atoms with van der Waals surface area (Å²) in [6.07, 6.45) is 0.00365. The van der Waals surface area contributed by atoms with Crippen molar-refractivity contribution < 1.29 is 19.1 Å². The molecule has 1 unspecified atom stereocenters. The van der Waals surface area contributed by atoms with Gasteiger partial charge in [0.05, 0.1) is 22.8 Å². The SMILES string of the molecule is CC(C)(C)OC(=O)NCC1NC(=O)c2c(Cl)cccc2N1CCC=O. The zero-order chi connectivity index (χ0) is 18.6. The van der Waals surface area contributed by atoms with Crippen LogP contribution in [0, 0.1) is 0 Å². The first kappa shape index (κ1) is 19.1. The summed E-state index contributed by atoms with van der Waals surface area (Å²) in [5.41, 5.74) is 0.384. The van der Waals surface area contributed by atoms with Gasteiger partial charge in [-0.15, -0.1) is 0 Å². The van der Waals surface area contributed by atoms with Crippen molar-refractivity contribution in [2.75, 3.05) is 18.0 Å². The van der Waals surface area contributed by atoms with Gasteiger partial charge in [-0.25, -0.2) is 4.79 Å². The van der Waals surface area contributed by atoms with E-state index in [4.69, 9.17) is 16.3 Å². The normalized spacial score (nSPS) is 16.7. The Kier molecular flexibility index (Phi) is 5.89. The number of carbonyl (C=O) groups is 3. The number of ether oxygens (including phenoxy) is 1. The first-order valence-electron chi connectivity index (χ1n) is 7.99. The van der Waals surface area contributed by atoms with Crippen molar-refractivity contribution in [3.05, 3.63) is 28.8 Å². The molecule has 0 saturated carbocycles. The molecule has 1 aromatic rings. The first-order valence-corrected chi connectivity index (χ1v) is 8.37. The first-order chi connectivity index (χ1) is 11.7. The molecule has 2 N–H and O–H groups in total. The van der Waals surface area contributed by atoms with E-state index in [1.165, 1.54) is 0 Å². The van der Waals surface area contributed by atoms with Crippen LogP contribution < -0.4 is 15.5 Å². The number of anilines is 1. The second kappa shape index (κ2) is 7.74. The fourth-order valence-corrected chi connectivity index (χ4v) is 2.83. The van der Waals surface area contributed by atoms with Crippen molar-refractivity contribution in [1.29, 1.82) is 0 Å². The molecule has 25 heavy (non-hydrogen) atoms. The summed E-state index contributed by atoms with van der Waals surface area (Å²) in [5.74, 6) is -0.320. The van der Waals surface area contributed by atoms with Gasteiger partial charge in [0.2, 0.25) is 0 Å². The third-order valence-electron chi connectivity index (χ3n) is 3.53. The highest BCUT2D eigenvalue weighted by Crippen LogP contribution is 2.31. The molecule has 0 bridgehead atoms. The fraction of sp³-hybridized carbons (Fsp3) is 0.471. The number of hydrogen-bond donors (Lipinski definition) is 2. The molecular weight excluding hydrogens is 346 g/mol. The number of benzene rings is 1. The zero-order valence-corrected chi connectivity index (χ0v) is 15.2. The van der Waals surface area contributed by atoms with Gasteiger partial charge >= 0.3 is 6.09 Å². The molecule has 0 saturated heterocycles. The van der Waals surface area contributed by atoms with Crippen LogP contribution in [0.25, 0.3) is 0 Å². The van der Waals surface area contributed by atoms with Crippen LogP contribution in [0.3, 0.4) is 0 Å². The molecule has 1 aliphatic rings. The van der Waals surface area contributed by atoms with Crippen molar-refractivity contribution in [3.63, 3.8) is 0 Å².